The molecule has 16 heavy (non-hydrogen) atoms. The van der Waals surface area contributed by atoms with Gasteiger partial charge < -0.3 is 15.2 Å². The summed E-state index contributed by atoms with van der Waals surface area (Å²) < 4.78 is 5.48. The minimum Gasteiger partial charge on any atom is -0.508 e. The number of hydrogen-bond acceptors (Lipinski definition) is 3. The minimum atomic E-state index is -0.0802. The molecule has 0 spiro atoms. The summed E-state index contributed by atoms with van der Waals surface area (Å²) in [6.07, 6.45) is 2.25. The quantitative estimate of drug-likeness (QED) is 0.759. The van der Waals surface area contributed by atoms with Crippen molar-refractivity contribution in [3.05, 3.63) is 28.8 Å². The third-order valence-corrected chi connectivity index (χ3v) is 3.81. The van der Waals surface area contributed by atoms with Gasteiger partial charge in [-0.05, 0) is 43.5 Å². The summed E-state index contributed by atoms with van der Waals surface area (Å²) >= 11 is 0. The molecular formula is C13H17NO2. The highest BCUT2D eigenvalue weighted by molar-refractivity contribution is 5.49. The first-order valence-electron chi connectivity index (χ1n) is 5.88. The van der Waals surface area contributed by atoms with Gasteiger partial charge in [0.15, 0.2) is 0 Å². The highest BCUT2D eigenvalue weighted by Crippen LogP contribution is 2.41. The first-order valence-corrected chi connectivity index (χ1v) is 5.88. The molecule has 0 amide bonds. The van der Waals surface area contributed by atoms with Crippen LogP contribution in [-0.2, 0) is 23.5 Å². The van der Waals surface area contributed by atoms with Crippen LogP contribution < -0.4 is 5.32 Å². The molecule has 1 aromatic rings. The van der Waals surface area contributed by atoms with Gasteiger partial charge in [0.2, 0.25) is 0 Å². The van der Waals surface area contributed by atoms with Crippen molar-refractivity contribution >= 4 is 0 Å². The number of rotatable bonds is 1. The fourth-order valence-corrected chi connectivity index (χ4v) is 2.97. The molecule has 1 saturated heterocycles. The molecule has 2 heterocycles. The van der Waals surface area contributed by atoms with E-state index in [1.54, 1.807) is 6.07 Å². The van der Waals surface area contributed by atoms with E-state index in [4.69, 9.17) is 4.74 Å². The zero-order chi connectivity index (χ0) is 11.2. The standard InChI is InChI=1S/C13H17NO2/c1-13(5-2-6-14-13)12-10-8-16-7-9(10)3-4-11(12)15/h3-4,14-15H,2,5-8H2,1H3. The number of phenolic OH excluding ortho intramolecular Hbond substituents is 1. The Morgan fingerprint density at radius 3 is 3.00 bits per heavy atom. The first-order chi connectivity index (χ1) is 7.71. The van der Waals surface area contributed by atoms with Crippen LogP contribution >= 0.6 is 0 Å². The van der Waals surface area contributed by atoms with E-state index in [1.807, 2.05) is 6.07 Å². The summed E-state index contributed by atoms with van der Waals surface area (Å²) in [7, 11) is 0. The summed E-state index contributed by atoms with van der Waals surface area (Å²) in [5, 5.41) is 13.6. The van der Waals surface area contributed by atoms with Crippen LogP contribution in [0.2, 0.25) is 0 Å². The van der Waals surface area contributed by atoms with Crippen molar-refractivity contribution in [3.8, 4) is 5.75 Å². The summed E-state index contributed by atoms with van der Waals surface area (Å²) in [5.74, 6) is 0.404. The third-order valence-electron chi connectivity index (χ3n) is 3.81. The highest BCUT2D eigenvalue weighted by atomic mass is 16.5. The van der Waals surface area contributed by atoms with Crippen LogP contribution in [0.25, 0.3) is 0 Å². The summed E-state index contributed by atoms with van der Waals surface area (Å²) in [6.45, 7) is 4.52. The Kier molecular flexibility index (Phi) is 2.19. The second kappa shape index (κ2) is 3.47. The van der Waals surface area contributed by atoms with Crippen molar-refractivity contribution < 1.29 is 9.84 Å². The maximum absolute atomic E-state index is 10.1. The Morgan fingerprint density at radius 1 is 1.38 bits per heavy atom. The van der Waals surface area contributed by atoms with Gasteiger partial charge in [0.1, 0.15) is 5.75 Å². The van der Waals surface area contributed by atoms with Crippen LogP contribution in [0.4, 0.5) is 0 Å². The van der Waals surface area contributed by atoms with Gasteiger partial charge in [-0.1, -0.05) is 6.07 Å². The number of aromatic hydroxyl groups is 1. The van der Waals surface area contributed by atoms with E-state index >= 15 is 0 Å². The largest absolute Gasteiger partial charge is 0.508 e. The van der Waals surface area contributed by atoms with Crippen LogP contribution in [-0.4, -0.2) is 11.7 Å². The molecule has 0 saturated carbocycles. The Bertz CT molecular complexity index is 422. The topological polar surface area (TPSA) is 41.5 Å². The number of phenols is 1. The molecule has 2 aliphatic heterocycles. The molecule has 1 unspecified atom stereocenters. The van der Waals surface area contributed by atoms with Gasteiger partial charge in [-0.3, -0.25) is 0 Å². The molecule has 2 N–H and O–H groups in total. The number of ether oxygens (including phenoxy) is 1. The van der Waals surface area contributed by atoms with Crippen LogP contribution in [0, 0.1) is 0 Å². The van der Waals surface area contributed by atoms with E-state index < -0.39 is 0 Å². The molecule has 0 aromatic heterocycles. The molecule has 2 aliphatic rings. The molecule has 3 rings (SSSR count). The number of benzene rings is 1. The smallest absolute Gasteiger partial charge is 0.121 e. The average Bonchev–Trinajstić information content (AvgIpc) is 2.86. The lowest BCUT2D eigenvalue weighted by atomic mass is 9.85. The van der Waals surface area contributed by atoms with Crippen LogP contribution in [0.1, 0.15) is 36.5 Å². The predicted octanol–water partition coefficient (Wildman–Crippen LogP) is 2.02. The second-order valence-corrected chi connectivity index (χ2v) is 4.95. The third kappa shape index (κ3) is 1.35. The lowest BCUT2D eigenvalue weighted by Gasteiger charge is -2.28. The summed E-state index contributed by atoms with van der Waals surface area (Å²) in [5.41, 5.74) is 3.39. The zero-order valence-electron chi connectivity index (χ0n) is 9.55. The minimum absolute atomic E-state index is 0.0802. The maximum atomic E-state index is 10.1. The van der Waals surface area contributed by atoms with Crippen molar-refractivity contribution in [2.45, 2.75) is 38.5 Å². The van der Waals surface area contributed by atoms with E-state index in [0.717, 1.165) is 18.5 Å². The Balaban J connectivity index is 2.15. The molecule has 0 bridgehead atoms. The molecule has 0 radical (unpaired) electrons. The molecule has 1 atom stereocenters. The van der Waals surface area contributed by atoms with Crippen LogP contribution in [0.3, 0.4) is 0 Å². The van der Waals surface area contributed by atoms with Crippen LogP contribution in [0.5, 0.6) is 5.75 Å². The fraction of sp³-hybridized carbons (Fsp3) is 0.538. The molecule has 1 aromatic carbocycles. The van der Waals surface area contributed by atoms with Crippen molar-refractivity contribution in [1.82, 2.24) is 5.32 Å². The number of hydrogen-bond donors (Lipinski definition) is 2. The van der Waals surface area contributed by atoms with E-state index in [2.05, 4.69) is 12.2 Å². The number of fused-ring (bicyclic) bond motifs is 1. The van der Waals surface area contributed by atoms with Crippen LogP contribution in [0.15, 0.2) is 12.1 Å². The second-order valence-electron chi connectivity index (χ2n) is 4.95. The van der Waals surface area contributed by atoms with Crippen molar-refractivity contribution in [3.63, 3.8) is 0 Å². The lowest BCUT2D eigenvalue weighted by Crippen LogP contribution is -2.34. The molecule has 86 valence electrons. The van der Waals surface area contributed by atoms with E-state index in [0.29, 0.717) is 19.0 Å². The van der Waals surface area contributed by atoms with E-state index in [-0.39, 0.29) is 5.54 Å². The van der Waals surface area contributed by atoms with Gasteiger partial charge in [-0.2, -0.15) is 0 Å². The molecule has 3 nitrogen and oxygen atoms in total. The SMILES string of the molecule is CC1(c2c(O)ccc3c2COC3)CCCN1. The van der Waals surface area contributed by atoms with E-state index in [9.17, 15) is 5.11 Å². The molecule has 3 heteroatoms. The summed E-state index contributed by atoms with van der Waals surface area (Å²) in [4.78, 5) is 0. The highest BCUT2D eigenvalue weighted by Gasteiger charge is 2.36. The van der Waals surface area contributed by atoms with Gasteiger partial charge in [0, 0.05) is 11.1 Å². The van der Waals surface area contributed by atoms with Crippen molar-refractivity contribution in [2.75, 3.05) is 6.54 Å². The Hall–Kier alpha value is -1.06. The van der Waals surface area contributed by atoms with Gasteiger partial charge in [-0.15, -0.1) is 0 Å². The monoisotopic (exact) mass is 219 g/mol. The van der Waals surface area contributed by atoms with Crippen molar-refractivity contribution in [2.24, 2.45) is 0 Å². The zero-order valence-corrected chi connectivity index (χ0v) is 9.55. The predicted molar refractivity (Wildman–Crippen MR) is 61.2 cm³/mol. The van der Waals surface area contributed by atoms with Crippen molar-refractivity contribution in [1.29, 1.82) is 0 Å². The Labute approximate surface area is 95.4 Å². The first kappa shape index (κ1) is 10.1. The lowest BCUT2D eigenvalue weighted by molar-refractivity contribution is 0.133. The fourth-order valence-electron chi connectivity index (χ4n) is 2.97. The molecular weight excluding hydrogens is 202 g/mol. The maximum Gasteiger partial charge on any atom is 0.121 e. The van der Waals surface area contributed by atoms with Gasteiger partial charge in [0.05, 0.1) is 13.2 Å². The summed E-state index contributed by atoms with van der Waals surface area (Å²) in [6, 6.07) is 3.77. The van der Waals surface area contributed by atoms with E-state index in [1.165, 1.54) is 17.5 Å². The normalized spacial score (nSPS) is 28.3. The number of nitrogens with one attached hydrogen (secondary N) is 1. The Morgan fingerprint density at radius 2 is 2.25 bits per heavy atom. The molecule has 0 aliphatic carbocycles. The average molecular weight is 219 g/mol. The van der Waals surface area contributed by atoms with Gasteiger partial charge >= 0.3 is 0 Å². The van der Waals surface area contributed by atoms with Gasteiger partial charge in [-0.25, -0.2) is 0 Å². The molecule has 1 fully saturated rings. The van der Waals surface area contributed by atoms with Gasteiger partial charge in [0.25, 0.3) is 0 Å².